The first kappa shape index (κ1) is 15.6. The first-order chi connectivity index (χ1) is 11.2. The monoisotopic (exact) mass is 309 g/mol. The minimum atomic E-state index is -0.0623. The molecule has 0 radical (unpaired) electrons. The van der Waals surface area contributed by atoms with Crippen molar-refractivity contribution in [3.05, 3.63) is 42.5 Å². The van der Waals surface area contributed by atoms with Crippen molar-refractivity contribution < 1.29 is 4.79 Å². The molecule has 3 aromatic rings. The van der Waals surface area contributed by atoms with Gasteiger partial charge in [-0.1, -0.05) is 25.1 Å². The molecule has 4 heteroatoms. The summed E-state index contributed by atoms with van der Waals surface area (Å²) in [4.78, 5) is 12.2. The van der Waals surface area contributed by atoms with Crippen molar-refractivity contribution in [1.82, 2.24) is 9.88 Å². The summed E-state index contributed by atoms with van der Waals surface area (Å²) in [5.74, 6) is -0.0226. The van der Waals surface area contributed by atoms with Gasteiger partial charge in [-0.25, -0.2) is 0 Å². The predicted molar refractivity (Wildman–Crippen MR) is 96.8 cm³/mol. The van der Waals surface area contributed by atoms with Crippen LogP contribution < -0.4 is 10.6 Å². The van der Waals surface area contributed by atoms with Crippen LogP contribution in [0.25, 0.3) is 21.8 Å². The van der Waals surface area contributed by atoms with Crippen molar-refractivity contribution in [2.24, 2.45) is 5.92 Å². The summed E-state index contributed by atoms with van der Waals surface area (Å²) in [5, 5.41) is 8.46. The maximum atomic E-state index is 12.2. The predicted octanol–water partition coefficient (Wildman–Crippen LogP) is 3.61. The molecule has 0 spiro atoms. The van der Waals surface area contributed by atoms with Crippen LogP contribution in [-0.2, 0) is 11.3 Å². The van der Waals surface area contributed by atoms with Gasteiger partial charge in [0.15, 0.2) is 0 Å². The maximum absolute atomic E-state index is 12.2. The summed E-state index contributed by atoms with van der Waals surface area (Å²) in [5.41, 5.74) is 3.29. The van der Waals surface area contributed by atoms with E-state index in [0.717, 1.165) is 12.2 Å². The van der Waals surface area contributed by atoms with Crippen molar-refractivity contribution >= 4 is 33.4 Å². The van der Waals surface area contributed by atoms with Gasteiger partial charge < -0.3 is 15.2 Å². The lowest BCUT2D eigenvalue weighted by molar-refractivity contribution is -0.119. The molecular formula is C19H23N3O. The topological polar surface area (TPSA) is 46.1 Å². The van der Waals surface area contributed by atoms with Gasteiger partial charge in [-0.05, 0) is 38.2 Å². The average Bonchev–Trinajstić information content (AvgIpc) is 2.88. The Morgan fingerprint density at radius 1 is 1.13 bits per heavy atom. The van der Waals surface area contributed by atoms with E-state index in [9.17, 15) is 4.79 Å². The third-order valence-electron chi connectivity index (χ3n) is 4.31. The molecule has 0 bridgehead atoms. The number of para-hydroxylation sites is 1. The van der Waals surface area contributed by atoms with Crippen LogP contribution in [0.1, 0.15) is 13.8 Å². The largest absolute Gasteiger partial charge is 0.341 e. The zero-order valence-electron chi connectivity index (χ0n) is 13.9. The van der Waals surface area contributed by atoms with Gasteiger partial charge in [0.2, 0.25) is 5.91 Å². The van der Waals surface area contributed by atoms with Gasteiger partial charge in [-0.3, -0.25) is 4.79 Å². The Kier molecular flexibility index (Phi) is 4.35. The van der Waals surface area contributed by atoms with Gasteiger partial charge in [0, 0.05) is 46.5 Å². The van der Waals surface area contributed by atoms with Crippen molar-refractivity contribution in [1.29, 1.82) is 0 Å². The van der Waals surface area contributed by atoms with E-state index in [-0.39, 0.29) is 11.8 Å². The van der Waals surface area contributed by atoms with Crippen LogP contribution in [0.5, 0.6) is 0 Å². The number of carbonyl (C=O) groups is 1. The summed E-state index contributed by atoms with van der Waals surface area (Å²) in [6.45, 7) is 5.67. The highest BCUT2D eigenvalue weighted by atomic mass is 16.1. The number of benzene rings is 2. The summed E-state index contributed by atoms with van der Waals surface area (Å²) >= 11 is 0. The van der Waals surface area contributed by atoms with E-state index >= 15 is 0 Å². The number of aryl methyl sites for hydroxylation is 1. The molecule has 0 saturated heterocycles. The molecule has 0 aliphatic heterocycles. The SMILES string of the molecule is CCn1c2ccccc2c2cc(NC(=O)C(C)CNC)ccc21. The van der Waals surface area contributed by atoms with Gasteiger partial charge in [-0.15, -0.1) is 0 Å². The number of nitrogens with one attached hydrogen (secondary N) is 2. The van der Waals surface area contributed by atoms with Gasteiger partial charge in [0.25, 0.3) is 0 Å². The second-order valence-corrected chi connectivity index (χ2v) is 5.94. The number of hydrogen-bond donors (Lipinski definition) is 2. The van der Waals surface area contributed by atoms with Crippen LogP contribution in [0, 0.1) is 5.92 Å². The molecule has 1 unspecified atom stereocenters. The zero-order chi connectivity index (χ0) is 16.4. The van der Waals surface area contributed by atoms with Crippen molar-refractivity contribution in [3.8, 4) is 0 Å². The van der Waals surface area contributed by atoms with Gasteiger partial charge >= 0.3 is 0 Å². The fraction of sp³-hybridized carbons (Fsp3) is 0.316. The Hall–Kier alpha value is -2.33. The third kappa shape index (κ3) is 2.82. The lowest BCUT2D eigenvalue weighted by atomic mass is 10.1. The minimum absolute atomic E-state index is 0.0397. The Morgan fingerprint density at radius 3 is 2.61 bits per heavy atom. The number of anilines is 1. The smallest absolute Gasteiger partial charge is 0.228 e. The summed E-state index contributed by atoms with van der Waals surface area (Å²) in [7, 11) is 1.86. The first-order valence-corrected chi connectivity index (χ1v) is 8.12. The molecule has 0 aliphatic rings. The van der Waals surface area contributed by atoms with E-state index in [0.29, 0.717) is 6.54 Å². The zero-order valence-corrected chi connectivity index (χ0v) is 13.9. The number of nitrogens with zero attached hydrogens (tertiary/aromatic N) is 1. The molecule has 1 amide bonds. The molecular weight excluding hydrogens is 286 g/mol. The number of hydrogen-bond acceptors (Lipinski definition) is 2. The van der Waals surface area contributed by atoms with E-state index in [2.05, 4.69) is 58.5 Å². The van der Waals surface area contributed by atoms with Gasteiger partial charge in [0.1, 0.15) is 0 Å². The van der Waals surface area contributed by atoms with Crippen LogP contribution >= 0.6 is 0 Å². The molecule has 4 nitrogen and oxygen atoms in total. The molecule has 0 fully saturated rings. The molecule has 2 N–H and O–H groups in total. The quantitative estimate of drug-likeness (QED) is 0.756. The van der Waals surface area contributed by atoms with E-state index in [4.69, 9.17) is 0 Å². The molecule has 1 atom stereocenters. The molecule has 3 rings (SSSR count). The molecule has 2 aromatic carbocycles. The van der Waals surface area contributed by atoms with E-state index < -0.39 is 0 Å². The average molecular weight is 309 g/mol. The number of aromatic nitrogens is 1. The van der Waals surface area contributed by atoms with Crippen LogP contribution in [0.4, 0.5) is 5.69 Å². The summed E-state index contributed by atoms with van der Waals surface area (Å²) in [6.07, 6.45) is 0. The molecule has 23 heavy (non-hydrogen) atoms. The third-order valence-corrected chi connectivity index (χ3v) is 4.31. The van der Waals surface area contributed by atoms with E-state index in [1.54, 1.807) is 0 Å². The maximum Gasteiger partial charge on any atom is 0.228 e. The van der Waals surface area contributed by atoms with Crippen molar-refractivity contribution in [3.63, 3.8) is 0 Å². The lowest BCUT2D eigenvalue weighted by Crippen LogP contribution is -2.28. The molecule has 1 aromatic heterocycles. The number of rotatable bonds is 5. The van der Waals surface area contributed by atoms with Crippen LogP contribution in [0.2, 0.25) is 0 Å². The standard InChI is InChI=1S/C19H23N3O/c1-4-22-17-8-6-5-7-15(17)16-11-14(9-10-18(16)22)21-19(23)13(2)12-20-3/h5-11,13,20H,4,12H2,1-3H3,(H,21,23). The highest BCUT2D eigenvalue weighted by molar-refractivity contribution is 6.09. The summed E-state index contributed by atoms with van der Waals surface area (Å²) < 4.78 is 2.31. The molecule has 120 valence electrons. The molecule has 0 aliphatic carbocycles. The number of carbonyl (C=O) groups excluding carboxylic acids is 1. The highest BCUT2D eigenvalue weighted by Gasteiger charge is 2.14. The Labute approximate surface area is 136 Å². The second kappa shape index (κ2) is 6.42. The number of amides is 1. The fourth-order valence-corrected chi connectivity index (χ4v) is 3.14. The number of fused-ring (bicyclic) bond motifs is 3. The van der Waals surface area contributed by atoms with Crippen molar-refractivity contribution in [2.45, 2.75) is 20.4 Å². The fourth-order valence-electron chi connectivity index (χ4n) is 3.14. The Balaban J connectivity index is 2.02. The van der Waals surface area contributed by atoms with Crippen LogP contribution in [0.3, 0.4) is 0 Å². The Morgan fingerprint density at radius 2 is 1.87 bits per heavy atom. The first-order valence-electron chi connectivity index (χ1n) is 8.12. The molecule has 1 heterocycles. The van der Waals surface area contributed by atoms with E-state index in [1.165, 1.54) is 21.8 Å². The lowest BCUT2D eigenvalue weighted by Gasteiger charge is -2.12. The highest BCUT2D eigenvalue weighted by Crippen LogP contribution is 2.31. The Bertz CT molecular complexity index is 850. The normalized spacial score (nSPS) is 12.7. The van der Waals surface area contributed by atoms with Gasteiger partial charge in [-0.2, -0.15) is 0 Å². The van der Waals surface area contributed by atoms with Crippen LogP contribution in [0.15, 0.2) is 42.5 Å². The van der Waals surface area contributed by atoms with Crippen LogP contribution in [-0.4, -0.2) is 24.1 Å². The minimum Gasteiger partial charge on any atom is -0.341 e. The van der Waals surface area contributed by atoms with Crippen molar-refractivity contribution in [2.75, 3.05) is 18.9 Å². The molecule has 0 saturated carbocycles. The van der Waals surface area contributed by atoms with E-state index in [1.807, 2.05) is 20.0 Å². The second-order valence-electron chi connectivity index (χ2n) is 5.94. The van der Waals surface area contributed by atoms with Gasteiger partial charge in [0.05, 0.1) is 0 Å². The summed E-state index contributed by atoms with van der Waals surface area (Å²) in [6, 6.07) is 14.6.